The molecule has 0 aromatic heterocycles. The van der Waals surface area contributed by atoms with Crippen molar-refractivity contribution in [2.45, 2.75) is 52.6 Å². The van der Waals surface area contributed by atoms with Gasteiger partial charge in [-0.2, -0.15) is 0 Å². The summed E-state index contributed by atoms with van der Waals surface area (Å²) in [5, 5.41) is 0. The molecule has 1 atom stereocenters. The topological polar surface area (TPSA) is 6.48 Å². The molecule has 1 heterocycles. The standard InChI is InChI=1S/C12H26N2/c1-5-6-7-13-8-9-14(11(2)3)12(4)10-13/h11-12H,5-10H2,1-4H3. The van der Waals surface area contributed by atoms with Crippen LogP contribution in [0.4, 0.5) is 0 Å². The van der Waals surface area contributed by atoms with Gasteiger partial charge >= 0.3 is 0 Å². The van der Waals surface area contributed by atoms with Crippen LogP contribution < -0.4 is 0 Å². The lowest BCUT2D eigenvalue weighted by Crippen LogP contribution is -2.54. The molecule has 1 aliphatic rings. The number of piperazine rings is 1. The Balaban J connectivity index is 2.31. The predicted octanol–water partition coefficient (Wildman–Crippen LogP) is 2.20. The summed E-state index contributed by atoms with van der Waals surface area (Å²) in [6, 6.07) is 1.44. The first kappa shape index (κ1) is 12.0. The minimum atomic E-state index is 0.707. The molecule has 2 heteroatoms. The molecule has 1 rings (SSSR count). The van der Waals surface area contributed by atoms with Crippen molar-refractivity contribution < 1.29 is 0 Å². The molecule has 0 aliphatic carbocycles. The van der Waals surface area contributed by atoms with Gasteiger partial charge in [-0.3, -0.25) is 4.90 Å². The molecule has 0 saturated carbocycles. The average molecular weight is 198 g/mol. The first-order valence-corrected chi connectivity index (χ1v) is 6.13. The summed E-state index contributed by atoms with van der Waals surface area (Å²) >= 11 is 0. The number of hydrogen-bond acceptors (Lipinski definition) is 2. The van der Waals surface area contributed by atoms with E-state index >= 15 is 0 Å². The molecular formula is C12H26N2. The molecule has 1 unspecified atom stereocenters. The van der Waals surface area contributed by atoms with Crippen LogP contribution in [-0.4, -0.2) is 48.1 Å². The lowest BCUT2D eigenvalue weighted by molar-refractivity contribution is 0.0597. The maximum Gasteiger partial charge on any atom is 0.0198 e. The first-order valence-electron chi connectivity index (χ1n) is 6.13. The smallest absolute Gasteiger partial charge is 0.0198 e. The van der Waals surface area contributed by atoms with Crippen LogP contribution in [0, 0.1) is 0 Å². The molecule has 0 aromatic rings. The lowest BCUT2D eigenvalue weighted by atomic mass is 10.1. The quantitative estimate of drug-likeness (QED) is 0.683. The minimum absolute atomic E-state index is 0.707. The van der Waals surface area contributed by atoms with Crippen molar-refractivity contribution in [3.05, 3.63) is 0 Å². The summed E-state index contributed by atoms with van der Waals surface area (Å²) in [6.07, 6.45) is 2.67. The monoisotopic (exact) mass is 198 g/mol. The van der Waals surface area contributed by atoms with Gasteiger partial charge in [0.2, 0.25) is 0 Å². The number of rotatable bonds is 4. The van der Waals surface area contributed by atoms with Crippen LogP contribution in [0.3, 0.4) is 0 Å². The molecule has 1 saturated heterocycles. The Morgan fingerprint density at radius 3 is 2.50 bits per heavy atom. The maximum absolute atomic E-state index is 2.62. The molecule has 0 spiro atoms. The van der Waals surface area contributed by atoms with Crippen molar-refractivity contribution in [1.82, 2.24) is 9.80 Å². The van der Waals surface area contributed by atoms with E-state index in [4.69, 9.17) is 0 Å². The SMILES string of the molecule is CCCCN1CCN(C(C)C)C(C)C1. The van der Waals surface area contributed by atoms with Gasteiger partial charge in [0.25, 0.3) is 0 Å². The third-order valence-corrected chi connectivity index (χ3v) is 3.25. The Labute approximate surface area is 89.3 Å². The molecular weight excluding hydrogens is 172 g/mol. The summed E-state index contributed by atoms with van der Waals surface area (Å²) < 4.78 is 0. The predicted molar refractivity (Wildman–Crippen MR) is 62.7 cm³/mol. The highest BCUT2D eigenvalue weighted by molar-refractivity contribution is 4.80. The van der Waals surface area contributed by atoms with Gasteiger partial charge in [-0.15, -0.1) is 0 Å². The van der Waals surface area contributed by atoms with Crippen molar-refractivity contribution in [1.29, 1.82) is 0 Å². The lowest BCUT2D eigenvalue weighted by Gasteiger charge is -2.42. The molecule has 0 N–H and O–H groups in total. The van der Waals surface area contributed by atoms with Crippen LogP contribution in [0.2, 0.25) is 0 Å². The molecule has 1 aliphatic heterocycles. The van der Waals surface area contributed by atoms with Gasteiger partial charge in [0, 0.05) is 31.7 Å². The van der Waals surface area contributed by atoms with Crippen molar-refractivity contribution >= 4 is 0 Å². The third kappa shape index (κ3) is 3.25. The molecule has 0 amide bonds. The third-order valence-electron chi connectivity index (χ3n) is 3.25. The average Bonchev–Trinajstić information content (AvgIpc) is 2.14. The number of unbranched alkanes of at least 4 members (excludes halogenated alkanes) is 1. The van der Waals surface area contributed by atoms with E-state index in [0.717, 1.165) is 6.04 Å². The Morgan fingerprint density at radius 1 is 1.29 bits per heavy atom. The van der Waals surface area contributed by atoms with Crippen LogP contribution in [0.1, 0.15) is 40.5 Å². The normalized spacial score (nSPS) is 25.9. The van der Waals surface area contributed by atoms with Crippen LogP contribution >= 0.6 is 0 Å². The van der Waals surface area contributed by atoms with Gasteiger partial charge in [-0.25, -0.2) is 0 Å². The van der Waals surface area contributed by atoms with Crippen molar-refractivity contribution in [2.75, 3.05) is 26.2 Å². The van der Waals surface area contributed by atoms with Crippen LogP contribution in [-0.2, 0) is 0 Å². The molecule has 0 bridgehead atoms. The Hall–Kier alpha value is -0.0800. The fraction of sp³-hybridized carbons (Fsp3) is 1.00. The highest BCUT2D eigenvalue weighted by atomic mass is 15.3. The van der Waals surface area contributed by atoms with E-state index in [9.17, 15) is 0 Å². The molecule has 0 radical (unpaired) electrons. The van der Waals surface area contributed by atoms with Crippen LogP contribution in [0.25, 0.3) is 0 Å². The summed E-state index contributed by atoms with van der Waals surface area (Å²) in [4.78, 5) is 5.23. The van der Waals surface area contributed by atoms with Crippen molar-refractivity contribution in [2.24, 2.45) is 0 Å². The van der Waals surface area contributed by atoms with Crippen molar-refractivity contribution in [3.8, 4) is 0 Å². The molecule has 1 fully saturated rings. The van der Waals surface area contributed by atoms with E-state index < -0.39 is 0 Å². The van der Waals surface area contributed by atoms with Crippen LogP contribution in [0.5, 0.6) is 0 Å². The molecule has 84 valence electrons. The van der Waals surface area contributed by atoms with Crippen LogP contribution in [0.15, 0.2) is 0 Å². The second-order valence-corrected chi connectivity index (χ2v) is 4.83. The fourth-order valence-corrected chi connectivity index (χ4v) is 2.40. The van der Waals surface area contributed by atoms with E-state index in [1.54, 1.807) is 0 Å². The fourth-order valence-electron chi connectivity index (χ4n) is 2.40. The second-order valence-electron chi connectivity index (χ2n) is 4.83. The van der Waals surface area contributed by atoms with Gasteiger partial charge in [0.15, 0.2) is 0 Å². The zero-order chi connectivity index (χ0) is 10.6. The van der Waals surface area contributed by atoms with E-state index in [1.165, 1.54) is 39.0 Å². The van der Waals surface area contributed by atoms with Gasteiger partial charge in [0.05, 0.1) is 0 Å². The summed E-state index contributed by atoms with van der Waals surface area (Å²) in [7, 11) is 0. The molecule has 14 heavy (non-hydrogen) atoms. The Kier molecular flexibility index (Phi) is 4.90. The largest absolute Gasteiger partial charge is 0.301 e. The van der Waals surface area contributed by atoms with Gasteiger partial charge in [-0.1, -0.05) is 13.3 Å². The first-order chi connectivity index (χ1) is 6.65. The zero-order valence-electron chi connectivity index (χ0n) is 10.3. The van der Waals surface area contributed by atoms with Gasteiger partial charge in [-0.05, 0) is 33.7 Å². The second kappa shape index (κ2) is 5.72. The van der Waals surface area contributed by atoms with E-state index in [1.807, 2.05) is 0 Å². The zero-order valence-corrected chi connectivity index (χ0v) is 10.3. The molecule has 0 aromatic carbocycles. The van der Waals surface area contributed by atoms with E-state index in [-0.39, 0.29) is 0 Å². The summed E-state index contributed by atoms with van der Waals surface area (Å²) in [5.74, 6) is 0. The number of nitrogens with zero attached hydrogens (tertiary/aromatic N) is 2. The summed E-state index contributed by atoms with van der Waals surface area (Å²) in [6.45, 7) is 14.3. The maximum atomic E-state index is 2.62. The highest BCUT2D eigenvalue weighted by Crippen LogP contribution is 2.13. The highest BCUT2D eigenvalue weighted by Gasteiger charge is 2.24. The van der Waals surface area contributed by atoms with Gasteiger partial charge in [0.1, 0.15) is 0 Å². The molecule has 2 nitrogen and oxygen atoms in total. The van der Waals surface area contributed by atoms with Crippen molar-refractivity contribution in [3.63, 3.8) is 0 Å². The summed E-state index contributed by atoms with van der Waals surface area (Å²) in [5.41, 5.74) is 0. The van der Waals surface area contributed by atoms with E-state index in [0.29, 0.717) is 6.04 Å². The van der Waals surface area contributed by atoms with Gasteiger partial charge < -0.3 is 4.90 Å². The number of hydrogen-bond donors (Lipinski definition) is 0. The Bertz CT molecular complexity index is 156. The minimum Gasteiger partial charge on any atom is -0.301 e. The Morgan fingerprint density at radius 2 is 2.00 bits per heavy atom. The van der Waals surface area contributed by atoms with E-state index in [2.05, 4.69) is 37.5 Å².